The summed E-state index contributed by atoms with van der Waals surface area (Å²) < 4.78 is 1.66. The Kier molecular flexibility index (Phi) is 2.50. The predicted octanol–water partition coefficient (Wildman–Crippen LogP) is -0.208. The Labute approximate surface area is 111 Å². The molecule has 2 N–H and O–H groups in total. The number of benzene rings is 1. The topological polar surface area (TPSA) is 99.6 Å². The van der Waals surface area contributed by atoms with E-state index in [1.165, 1.54) is 6.92 Å². The fourth-order valence-corrected chi connectivity index (χ4v) is 2.17. The number of aryl methyl sites for hydroxylation is 1. The van der Waals surface area contributed by atoms with Gasteiger partial charge in [0.05, 0.1) is 7.05 Å². The first-order valence-electron chi connectivity index (χ1n) is 5.94. The van der Waals surface area contributed by atoms with Crippen molar-refractivity contribution in [2.45, 2.75) is 6.92 Å². The maximum Gasteiger partial charge on any atom is 0.413 e. The van der Waals surface area contributed by atoms with Gasteiger partial charge in [0.25, 0.3) is 5.56 Å². The van der Waals surface area contributed by atoms with Gasteiger partial charge in [-0.3, -0.25) is 14.6 Å². The number of ketones is 1. The molecule has 1 aromatic carbocycles. The Hall–Kier alpha value is -2.83. The molecule has 20 heavy (non-hydrogen) atoms. The van der Waals surface area contributed by atoms with Crippen LogP contribution >= 0.6 is 0 Å². The second-order valence-electron chi connectivity index (χ2n) is 4.54. The molecule has 0 amide bonds. The minimum Gasteiger partial charge on any atom is -0.295 e. The van der Waals surface area contributed by atoms with Crippen molar-refractivity contribution in [2.75, 3.05) is 0 Å². The van der Waals surface area contributed by atoms with Gasteiger partial charge >= 0.3 is 11.3 Å². The molecule has 0 aliphatic rings. The largest absolute Gasteiger partial charge is 0.413 e. The van der Waals surface area contributed by atoms with Crippen LogP contribution in [0.3, 0.4) is 0 Å². The molecule has 0 bridgehead atoms. The van der Waals surface area contributed by atoms with Gasteiger partial charge < -0.3 is 0 Å². The summed E-state index contributed by atoms with van der Waals surface area (Å²) in [6.07, 6.45) is 0. The lowest BCUT2D eigenvalue weighted by Gasteiger charge is -2.03. The molecule has 100 valence electrons. The van der Waals surface area contributed by atoms with Gasteiger partial charge in [-0.25, -0.2) is 14.3 Å². The third-order valence-corrected chi connectivity index (χ3v) is 3.21. The zero-order chi connectivity index (χ0) is 14.4. The van der Waals surface area contributed by atoms with Crippen LogP contribution in [0.1, 0.15) is 17.3 Å². The first-order valence-corrected chi connectivity index (χ1v) is 5.94. The minimum atomic E-state index is -0.584. The highest BCUT2D eigenvalue weighted by Crippen LogP contribution is 2.12. The second kappa shape index (κ2) is 4.09. The van der Waals surface area contributed by atoms with E-state index in [9.17, 15) is 14.4 Å². The molecule has 2 heterocycles. The highest BCUT2D eigenvalue weighted by atomic mass is 16.2. The Bertz CT molecular complexity index is 984. The molecule has 0 spiro atoms. The summed E-state index contributed by atoms with van der Waals surface area (Å²) >= 11 is 0. The van der Waals surface area contributed by atoms with E-state index in [1.807, 2.05) is 0 Å². The molecule has 7 heteroatoms. The molecular weight excluding hydrogens is 260 g/mol. The van der Waals surface area contributed by atoms with E-state index >= 15 is 0 Å². The third kappa shape index (κ3) is 1.71. The van der Waals surface area contributed by atoms with Crippen molar-refractivity contribution in [3.8, 4) is 0 Å². The predicted molar refractivity (Wildman–Crippen MR) is 71.7 cm³/mol. The van der Waals surface area contributed by atoms with Crippen LogP contribution in [0, 0.1) is 0 Å². The number of rotatable bonds is 1. The Morgan fingerprint density at radius 2 is 2.00 bits per heavy atom. The van der Waals surface area contributed by atoms with Crippen molar-refractivity contribution in [3.63, 3.8) is 0 Å². The summed E-state index contributed by atoms with van der Waals surface area (Å²) in [4.78, 5) is 43.5. The van der Waals surface area contributed by atoms with Crippen molar-refractivity contribution < 1.29 is 9.36 Å². The average Bonchev–Trinajstić information content (AvgIpc) is 2.40. The monoisotopic (exact) mass is 271 g/mol. The number of aromatic nitrogens is 4. The van der Waals surface area contributed by atoms with E-state index in [0.29, 0.717) is 22.2 Å². The first-order chi connectivity index (χ1) is 9.47. The fourth-order valence-electron chi connectivity index (χ4n) is 2.17. The van der Waals surface area contributed by atoms with Gasteiger partial charge in [-0.15, -0.1) is 0 Å². The number of aromatic amines is 2. The fraction of sp³-hybridized carbons (Fsp3) is 0.154. The van der Waals surface area contributed by atoms with Crippen molar-refractivity contribution in [3.05, 3.63) is 44.6 Å². The average molecular weight is 271 g/mol. The van der Waals surface area contributed by atoms with E-state index in [0.717, 1.165) is 0 Å². The van der Waals surface area contributed by atoms with E-state index in [4.69, 9.17) is 0 Å². The zero-order valence-electron chi connectivity index (χ0n) is 10.9. The van der Waals surface area contributed by atoms with Crippen molar-refractivity contribution in [2.24, 2.45) is 7.05 Å². The van der Waals surface area contributed by atoms with Crippen LogP contribution in [0.25, 0.3) is 22.2 Å². The molecule has 0 saturated heterocycles. The van der Waals surface area contributed by atoms with Gasteiger partial charge in [-0.1, -0.05) is 0 Å². The number of hydrogen-bond acceptors (Lipinski definition) is 4. The van der Waals surface area contributed by atoms with E-state index < -0.39 is 11.2 Å². The molecule has 7 nitrogen and oxygen atoms in total. The van der Waals surface area contributed by atoms with Gasteiger partial charge in [-0.2, -0.15) is 4.98 Å². The molecule has 0 radical (unpaired) electrons. The lowest BCUT2D eigenvalue weighted by Crippen LogP contribution is -2.37. The molecule has 3 rings (SSSR count). The van der Waals surface area contributed by atoms with Crippen LogP contribution in [-0.4, -0.2) is 20.7 Å². The van der Waals surface area contributed by atoms with Crippen molar-refractivity contribution in [1.82, 2.24) is 15.0 Å². The normalized spacial score (nSPS) is 11.1. The zero-order valence-corrected chi connectivity index (χ0v) is 10.9. The maximum absolute atomic E-state index is 11.8. The number of H-pyrrole nitrogens is 2. The van der Waals surface area contributed by atoms with Gasteiger partial charge in [0.15, 0.2) is 11.3 Å². The molecule has 0 saturated carbocycles. The molecule has 0 aliphatic carbocycles. The summed E-state index contributed by atoms with van der Waals surface area (Å²) in [7, 11) is 1.72. The summed E-state index contributed by atoms with van der Waals surface area (Å²) in [5.74, 6) is -0.0770. The molecule has 0 unspecified atom stereocenters. The number of carbonyl (C=O) groups is 1. The highest BCUT2D eigenvalue weighted by molar-refractivity contribution is 5.97. The molecule has 0 fully saturated rings. The van der Waals surface area contributed by atoms with Crippen LogP contribution in [0.15, 0.2) is 27.8 Å². The van der Waals surface area contributed by atoms with Crippen molar-refractivity contribution >= 4 is 28.0 Å². The molecule has 0 aliphatic heterocycles. The number of hydrogen-bond donors (Lipinski definition) is 2. The third-order valence-electron chi connectivity index (χ3n) is 3.21. The van der Waals surface area contributed by atoms with Gasteiger partial charge in [0.1, 0.15) is 5.52 Å². The minimum absolute atomic E-state index is 0.0770. The van der Waals surface area contributed by atoms with E-state index in [2.05, 4.69) is 15.0 Å². The van der Waals surface area contributed by atoms with Crippen LogP contribution in [0.5, 0.6) is 0 Å². The number of Topliss-reactive ketones (excluding diaryl/α,β-unsaturated/α-hetero) is 1. The van der Waals surface area contributed by atoms with Crippen LogP contribution in [0.4, 0.5) is 0 Å². The lowest BCUT2D eigenvalue weighted by atomic mass is 10.1. The molecule has 0 atom stereocenters. The summed E-state index contributed by atoms with van der Waals surface area (Å²) in [6.45, 7) is 1.46. The summed E-state index contributed by atoms with van der Waals surface area (Å²) in [5, 5.41) is 0. The number of fused-ring (bicyclic) bond motifs is 2. The van der Waals surface area contributed by atoms with Gasteiger partial charge in [0, 0.05) is 5.56 Å². The number of carbonyl (C=O) groups excluding carboxylic acids is 1. The Morgan fingerprint density at radius 1 is 1.25 bits per heavy atom. The Morgan fingerprint density at radius 3 is 2.70 bits per heavy atom. The van der Waals surface area contributed by atoms with Crippen LogP contribution < -0.4 is 15.8 Å². The Balaban J connectivity index is 2.53. The smallest absolute Gasteiger partial charge is 0.295 e. The van der Waals surface area contributed by atoms with Gasteiger partial charge in [0.2, 0.25) is 5.52 Å². The van der Waals surface area contributed by atoms with E-state index in [-0.39, 0.29) is 11.3 Å². The quantitative estimate of drug-likeness (QED) is 0.363. The molecule has 2 aromatic heterocycles. The lowest BCUT2D eigenvalue weighted by molar-refractivity contribution is -0.620. The summed E-state index contributed by atoms with van der Waals surface area (Å²) in [5.41, 5.74) is 1.07. The standard InChI is InChI=1S/C13H10N4O3/c1-6(18)7-3-4-9-8(5-7)14-10-11(17(9)2)15-13(20)16-12(10)19/h3-5H,1-2H3,(H,16,19,20)/p+1. The van der Waals surface area contributed by atoms with Crippen molar-refractivity contribution in [1.29, 1.82) is 0 Å². The second-order valence-corrected chi connectivity index (χ2v) is 4.54. The first kappa shape index (κ1) is 12.2. The summed E-state index contributed by atoms with van der Waals surface area (Å²) in [6, 6.07) is 5.04. The number of nitrogens with zero attached hydrogens (tertiary/aromatic N) is 2. The molecule has 3 aromatic rings. The van der Waals surface area contributed by atoms with Crippen LogP contribution in [-0.2, 0) is 7.05 Å². The SMILES string of the molecule is CC(=O)c1ccc2c(c1)nc1c(=O)[nH]c(=O)[nH]c1[n+]2C. The highest BCUT2D eigenvalue weighted by Gasteiger charge is 2.16. The van der Waals surface area contributed by atoms with E-state index in [1.54, 1.807) is 29.8 Å². The van der Waals surface area contributed by atoms with Gasteiger partial charge in [-0.05, 0) is 25.1 Å². The number of nitrogens with one attached hydrogen (secondary N) is 2. The molecular formula is C13H11N4O3+. The maximum atomic E-state index is 11.8. The van der Waals surface area contributed by atoms with Crippen LogP contribution in [0.2, 0.25) is 0 Å².